The molecule has 2 aromatic carbocycles. The molecule has 4 heteroatoms. The summed E-state index contributed by atoms with van der Waals surface area (Å²) in [5, 5.41) is 21.8. The van der Waals surface area contributed by atoms with E-state index >= 15 is 0 Å². The average Bonchev–Trinajstić information content (AvgIpc) is 2.45. The molecule has 0 aromatic heterocycles. The fourth-order valence-corrected chi connectivity index (χ4v) is 2.38. The van der Waals surface area contributed by atoms with Gasteiger partial charge in [-0.1, -0.05) is 50.6 Å². The van der Waals surface area contributed by atoms with Gasteiger partial charge in [0.05, 0.1) is 12.1 Å². The molecular weight excluding hydrogens is 274 g/mol. The Morgan fingerprint density at radius 1 is 1.10 bits per heavy atom. The predicted molar refractivity (Wildman–Crippen MR) is 85.3 cm³/mol. The standard InChI is InChI=1S/C16H21NO2.ClH/c1-3-10(2)16(19)15(17)13-8-9-14(18)12-7-5-4-6-11(12)13;/h4-10,15-16,18-19H,3,17H2,1-2H3;1H/t10?,15-,16+;/m0./s1. The van der Waals surface area contributed by atoms with E-state index in [-0.39, 0.29) is 24.1 Å². The smallest absolute Gasteiger partial charge is 0.123 e. The number of aromatic hydroxyl groups is 1. The molecule has 0 heterocycles. The van der Waals surface area contributed by atoms with Crippen LogP contribution < -0.4 is 5.73 Å². The SMILES string of the molecule is CCC(C)[C@@H](O)[C@@H](N)c1ccc(O)c2ccccc12.Cl. The van der Waals surface area contributed by atoms with Crippen molar-refractivity contribution in [2.24, 2.45) is 11.7 Å². The summed E-state index contributed by atoms with van der Waals surface area (Å²) in [4.78, 5) is 0. The molecule has 0 amide bonds. The molecule has 20 heavy (non-hydrogen) atoms. The van der Waals surface area contributed by atoms with Crippen molar-refractivity contribution in [1.82, 2.24) is 0 Å². The third kappa shape index (κ3) is 3.06. The minimum atomic E-state index is -0.585. The number of phenols is 1. The van der Waals surface area contributed by atoms with Gasteiger partial charge in [-0.2, -0.15) is 0 Å². The monoisotopic (exact) mass is 295 g/mol. The van der Waals surface area contributed by atoms with Crippen molar-refractivity contribution in [1.29, 1.82) is 0 Å². The number of nitrogens with two attached hydrogens (primary N) is 1. The minimum Gasteiger partial charge on any atom is -0.507 e. The van der Waals surface area contributed by atoms with E-state index < -0.39 is 12.1 Å². The van der Waals surface area contributed by atoms with E-state index in [9.17, 15) is 10.2 Å². The highest BCUT2D eigenvalue weighted by Crippen LogP contribution is 2.32. The molecule has 1 unspecified atom stereocenters. The second kappa shape index (κ2) is 6.93. The number of phenolic OH excluding ortho intramolecular Hbond substituents is 1. The van der Waals surface area contributed by atoms with Crippen LogP contribution in [-0.4, -0.2) is 16.3 Å². The quantitative estimate of drug-likeness (QED) is 0.810. The van der Waals surface area contributed by atoms with Gasteiger partial charge in [-0.05, 0) is 22.9 Å². The Morgan fingerprint density at radius 3 is 2.30 bits per heavy atom. The van der Waals surface area contributed by atoms with Gasteiger partial charge in [0.2, 0.25) is 0 Å². The van der Waals surface area contributed by atoms with Gasteiger partial charge in [0.25, 0.3) is 0 Å². The van der Waals surface area contributed by atoms with Gasteiger partial charge >= 0.3 is 0 Å². The van der Waals surface area contributed by atoms with Crippen LogP contribution in [0.5, 0.6) is 5.75 Å². The lowest BCUT2D eigenvalue weighted by Crippen LogP contribution is -2.31. The number of benzene rings is 2. The molecule has 0 spiro atoms. The van der Waals surface area contributed by atoms with Crippen molar-refractivity contribution in [3.05, 3.63) is 42.0 Å². The van der Waals surface area contributed by atoms with E-state index in [1.54, 1.807) is 12.1 Å². The van der Waals surface area contributed by atoms with Gasteiger partial charge in [-0.3, -0.25) is 0 Å². The Kier molecular flexibility index (Phi) is 5.81. The summed E-state index contributed by atoms with van der Waals surface area (Å²) in [5.41, 5.74) is 7.08. The average molecular weight is 296 g/mol. The lowest BCUT2D eigenvalue weighted by atomic mass is 9.89. The maximum atomic E-state index is 10.3. The number of hydrogen-bond donors (Lipinski definition) is 3. The zero-order chi connectivity index (χ0) is 14.0. The number of aliphatic hydroxyl groups is 1. The lowest BCUT2D eigenvalue weighted by Gasteiger charge is -2.25. The molecule has 0 aliphatic heterocycles. The number of rotatable bonds is 4. The Hall–Kier alpha value is -1.29. The summed E-state index contributed by atoms with van der Waals surface area (Å²) in [7, 11) is 0. The zero-order valence-electron chi connectivity index (χ0n) is 11.8. The largest absolute Gasteiger partial charge is 0.507 e. The molecule has 0 saturated heterocycles. The minimum absolute atomic E-state index is 0. The first-order valence-corrected chi connectivity index (χ1v) is 6.70. The van der Waals surface area contributed by atoms with Gasteiger partial charge in [-0.15, -0.1) is 12.4 Å². The Morgan fingerprint density at radius 2 is 1.70 bits per heavy atom. The van der Waals surface area contributed by atoms with Crippen molar-refractivity contribution < 1.29 is 10.2 Å². The molecule has 3 atom stereocenters. The van der Waals surface area contributed by atoms with Crippen LogP contribution in [0, 0.1) is 5.92 Å². The van der Waals surface area contributed by atoms with Crippen molar-refractivity contribution in [3.8, 4) is 5.75 Å². The molecule has 0 aliphatic carbocycles. The highest BCUT2D eigenvalue weighted by atomic mass is 35.5. The summed E-state index contributed by atoms with van der Waals surface area (Å²) >= 11 is 0. The van der Waals surface area contributed by atoms with Crippen molar-refractivity contribution in [2.75, 3.05) is 0 Å². The lowest BCUT2D eigenvalue weighted by molar-refractivity contribution is 0.0884. The molecule has 4 N–H and O–H groups in total. The van der Waals surface area contributed by atoms with Gasteiger partial charge in [-0.25, -0.2) is 0 Å². The van der Waals surface area contributed by atoms with Crippen LogP contribution >= 0.6 is 12.4 Å². The van der Waals surface area contributed by atoms with Gasteiger partial charge < -0.3 is 15.9 Å². The molecule has 3 nitrogen and oxygen atoms in total. The topological polar surface area (TPSA) is 66.5 Å². The van der Waals surface area contributed by atoms with Crippen LogP contribution in [-0.2, 0) is 0 Å². The van der Waals surface area contributed by atoms with Gasteiger partial charge in [0, 0.05) is 5.39 Å². The van der Waals surface area contributed by atoms with E-state index in [2.05, 4.69) is 0 Å². The molecule has 0 radical (unpaired) electrons. The Labute approximate surface area is 125 Å². The fraction of sp³-hybridized carbons (Fsp3) is 0.375. The van der Waals surface area contributed by atoms with E-state index in [0.717, 1.165) is 22.8 Å². The van der Waals surface area contributed by atoms with E-state index in [1.165, 1.54) is 0 Å². The molecular formula is C16H22ClNO2. The first-order valence-electron chi connectivity index (χ1n) is 6.70. The number of halogens is 1. The predicted octanol–water partition coefficient (Wildman–Crippen LogP) is 3.37. The maximum absolute atomic E-state index is 10.3. The zero-order valence-corrected chi connectivity index (χ0v) is 12.6. The molecule has 0 saturated carbocycles. The van der Waals surface area contributed by atoms with E-state index in [1.807, 2.05) is 38.1 Å². The molecule has 110 valence electrons. The number of hydrogen-bond acceptors (Lipinski definition) is 3. The second-order valence-electron chi connectivity index (χ2n) is 5.12. The third-order valence-electron chi connectivity index (χ3n) is 3.89. The molecule has 0 fully saturated rings. The van der Waals surface area contributed by atoms with Crippen LogP contribution in [0.25, 0.3) is 10.8 Å². The van der Waals surface area contributed by atoms with Crippen molar-refractivity contribution in [3.63, 3.8) is 0 Å². The Bertz CT molecular complexity index is 573. The van der Waals surface area contributed by atoms with Crippen LogP contribution in [0.3, 0.4) is 0 Å². The number of fused-ring (bicyclic) bond motifs is 1. The molecule has 0 aliphatic rings. The maximum Gasteiger partial charge on any atom is 0.123 e. The second-order valence-corrected chi connectivity index (χ2v) is 5.12. The summed E-state index contributed by atoms with van der Waals surface area (Å²) < 4.78 is 0. The first-order chi connectivity index (χ1) is 9.06. The number of aliphatic hydroxyl groups excluding tert-OH is 1. The van der Waals surface area contributed by atoms with Crippen LogP contribution in [0.15, 0.2) is 36.4 Å². The third-order valence-corrected chi connectivity index (χ3v) is 3.89. The summed E-state index contributed by atoms with van der Waals surface area (Å²) in [6.45, 7) is 4.03. The molecule has 0 bridgehead atoms. The van der Waals surface area contributed by atoms with E-state index in [4.69, 9.17) is 5.73 Å². The van der Waals surface area contributed by atoms with Crippen molar-refractivity contribution in [2.45, 2.75) is 32.4 Å². The van der Waals surface area contributed by atoms with E-state index in [0.29, 0.717) is 0 Å². The normalized spacial score (nSPS) is 15.4. The summed E-state index contributed by atoms with van der Waals surface area (Å²) in [6.07, 6.45) is 0.295. The van der Waals surface area contributed by atoms with Crippen LogP contribution in [0.4, 0.5) is 0 Å². The van der Waals surface area contributed by atoms with Crippen molar-refractivity contribution >= 4 is 23.2 Å². The van der Waals surface area contributed by atoms with Crippen LogP contribution in [0.1, 0.15) is 31.9 Å². The summed E-state index contributed by atoms with van der Waals surface area (Å²) in [5.74, 6) is 0.382. The first kappa shape index (κ1) is 16.8. The highest BCUT2D eigenvalue weighted by molar-refractivity contribution is 5.91. The van der Waals surface area contributed by atoms with Gasteiger partial charge in [0.1, 0.15) is 5.75 Å². The summed E-state index contributed by atoms with van der Waals surface area (Å²) in [6, 6.07) is 10.6. The highest BCUT2D eigenvalue weighted by Gasteiger charge is 2.23. The molecule has 2 rings (SSSR count). The van der Waals surface area contributed by atoms with Crippen LogP contribution in [0.2, 0.25) is 0 Å². The Balaban J connectivity index is 0.00000200. The van der Waals surface area contributed by atoms with Gasteiger partial charge in [0.15, 0.2) is 0 Å². The fourth-order valence-electron chi connectivity index (χ4n) is 2.38. The molecule has 2 aromatic rings.